The summed E-state index contributed by atoms with van der Waals surface area (Å²) >= 11 is 0. The molecular weight excluding hydrogens is 586 g/mol. The number of esters is 1. The zero-order valence-electron chi connectivity index (χ0n) is 30.8. The van der Waals surface area contributed by atoms with Gasteiger partial charge in [0.05, 0.1) is 48.1 Å². The number of nitrogens with two attached hydrogens (primary N) is 1. The summed E-state index contributed by atoms with van der Waals surface area (Å²) in [5.74, 6) is -0.647. The predicted octanol–water partition coefficient (Wildman–Crippen LogP) is 5.12. The summed E-state index contributed by atoms with van der Waals surface area (Å²) in [4.78, 5) is 33.1. The highest BCUT2D eigenvalue weighted by atomic mass is 16.6. The van der Waals surface area contributed by atoms with Crippen molar-refractivity contribution in [2.75, 3.05) is 57.5 Å². The molecule has 1 aromatic carbocycles. The Labute approximate surface area is 276 Å². The summed E-state index contributed by atoms with van der Waals surface area (Å²) in [5, 5.41) is 7.59. The maximum absolute atomic E-state index is 12.4. The molecule has 12 heteroatoms. The number of methoxy groups -OCH3 is 1. The lowest BCUT2D eigenvalue weighted by atomic mass is 10.1. The molecule has 0 radical (unpaired) electrons. The molecule has 1 atom stereocenters. The molecule has 3 aromatic rings. The molecule has 1 aliphatic rings. The van der Waals surface area contributed by atoms with Crippen molar-refractivity contribution in [2.24, 2.45) is 13.0 Å². The Balaban J connectivity index is 1.32. The first-order valence-corrected chi connectivity index (χ1v) is 15.6. The number of aromatic nitrogens is 3. The van der Waals surface area contributed by atoms with Crippen LogP contribution in [0.25, 0.3) is 11.3 Å². The van der Waals surface area contributed by atoms with Crippen molar-refractivity contribution in [1.82, 2.24) is 24.6 Å². The molecular formula is C34H49N7O5. The van der Waals surface area contributed by atoms with E-state index < -0.39 is 24.3 Å². The van der Waals surface area contributed by atoms with Gasteiger partial charge in [-0.3, -0.25) is 9.88 Å². The van der Waals surface area contributed by atoms with Gasteiger partial charge in [-0.15, -0.1) is 0 Å². The number of ether oxygens (including phenoxy) is 3. The number of hydrogen-bond acceptors (Lipinski definition) is 10. The number of carbonyl (C=O) groups excluding carboxylic acids is 2. The van der Waals surface area contributed by atoms with Crippen molar-refractivity contribution in [3.05, 3.63) is 53.3 Å². The first kappa shape index (κ1) is 30.3. The van der Waals surface area contributed by atoms with Gasteiger partial charge in [0.25, 0.3) is 0 Å². The molecule has 1 fully saturated rings. The van der Waals surface area contributed by atoms with Gasteiger partial charge in [-0.2, -0.15) is 5.10 Å². The number of hydrogen-bond donors (Lipinski definition) is 2. The van der Waals surface area contributed by atoms with Gasteiger partial charge in [0.15, 0.2) is 0 Å². The standard InChI is InChI=1S/C34H49N7O5/c1-23(9-8-16-45-31-27(21-37-39(31)6)29-19-26(32(42)44-7)17-24(2)38-29)20-36-30-18-25(10-11-28(30)35)22-40-12-14-41(15-13-40)33(43)46-34(3,4)5/h10-11,17-19,21,23,36H,8-9,12-16,20,22,35H2,1-7H3/i1D3. The number of aryl methyl sites for hydroxylation is 2. The summed E-state index contributed by atoms with van der Waals surface area (Å²) in [5.41, 5.74) is 10.2. The first-order chi connectivity index (χ1) is 23.0. The van der Waals surface area contributed by atoms with Crippen LogP contribution in [0.2, 0.25) is 0 Å². The van der Waals surface area contributed by atoms with Gasteiger partial charge in [0.1, 0.15) is 5.60 Å². The fraction of sp³-hybridized carbons (Fsp3) is 0.529. The second-order valence-corrected chi connectivity index (χ2v) is 12.6. The van der Waals surface area contributed by atoms with Gasteiger partial charge in [0, 0.05) is 56.1 Å². The van der Waals surface area contributed by atoms with Crippen LogP contribution in [-0.4, -0.2) is 88.7 Å². The van der Waals surface area contributed by atoms with Crippen molar-refractivity contribution in [1.29, 1.82) is 0 Å². The number of nitrogens with one attached hydrogen (secondary N) is 1. The second kappa shape index (κ2) is 15.3. The van der Waals surface area contributed by atoms with Gasteiger partial charge < -0.3 is 30.2 Å². The van der Waals surface area contributed by atoms with E-state index >= 15 is 0 Å². The highest BCUT2D eigenvalue weighted by Gasteiger charge is 2.26. The summed E-state index contributed by atoms with van der Waals surface area (Å²) in [6.07, 6.45) is 2.19. The topological polar surface area (TPSA) is 137 Å². The molecule has 2 aromatic heterocycles. The SMILES string of the molecule is [2H]C([2H])([2H])C(CCCOc1c(-c2cc(C(=O)OC)cc(C)n2)cnn1C)CNc1cc(CN2CCN(C(=O)OC(C)(C)C)CC2)ccc1N. The molecule has 0 spiro atoms. The third kappa shape index (κ3) is 9.59. The highest BCUT2D eigenvalue weighted by Crippen LogP contribution is 2.30. The van der Waals surface area contributed by atoms with Crippen LogP contribution in [0.15, 0.2) is 36.5 Å². The fourth-order valence-electron chi connectivity index (χ4n) is 5.18. The average Bonchev–Trinajstić information content (AvgIpc) is 3.40. The minimum atomic E-state index is -2.19. The van der Waals surface area contributed by atoms with Crippen LogP contribution < -0.4 is 15.8 Å². The van der Waals surface area contributed by atoms with Crippen molar-refractivity contribution >= 4 is 23.4 Å². The van der Waals surface area contributed by atoms with E-state index in [4.69, 9.17) is 24.1 Å². The average molecular weight is 639 g/mol. The van der Waals surface area contributed by atoms with Crippen molar-refractivity contribution < 1.29 is 27.9 Å². The summed E-state index contributed by atoms with van der Waals surface area (Å²) in [6.45, 7) is 8.91. The minimum Gasteiger partial charge on any atom is -0.477 e. The molecule has 1 unspecified atom stereocenters. The van der Waals surface area contributed by atoms with Crippen LogP contribution >= 0.6 is 0 Å². The van der Waals surface area contributed by atoms with Crippen LogP contribution in [0.5, 0.6) is 5.88 Å². The van der Waals surface area contributed by atoms with E-state index in [2.05, 4.69) is 20.3 Å². The summed E-state index contributed by atoms with van der Waals surface area (Å²) < 4.78 is 42.6. The van der Waals surface area contributed by atoms with Crippen LogP contribution in [0.4, 0.5) is 16.2 Å². The maximum atomic E-state index is 12.4. The lowest BCUT2D eigenvalue weighted by Gasteiger charge is -2.35. The molecule has 1 amide bonds. The minimum absolute atomic E-state index is 0.208. The Bertz CT molecular complexity index is 1600. The van der Waals surface area contributed by atoms with Gasteiger partial charge in [-0.05, 0) is 76.3 Å². The van der Waals surface area contributed by atoms with Gasteiger partial charge in [0.2, 0.25) is 5.88 Å². The number of rotatable bonds is 12. The number of pyridine rings is 1. The third-order valence-corrected chi connectivity index (χ3v) is 7.56. The van der Waals surface area contributed by atoms with Crippen molar-refractivity contribution in [2.45, 2.75) is 59.5 Å². The Hall–Kier alpha value is -4.32. The lowest BCUT2D eigenvalue weighted by molar-refractivity contribution is 0.0139. The molecule has 0 bridgehead atoms. The maximum Gasteiger partial charge on any atom is 0.410 e. The largest absolute Gasteiger partial charge is 0.477 e. The number of amides is 1. The summed E-state index contributed by atoms with van der Waals surface area (Å²) in [6, 6.07) is 9.04. The van der Waals surface area contributed by atoms with Crippen LogP contribution in [-0.2, 0) is 23.1 Å². The smallest absolute Gasteiger partial charge is 0.410 e. The number of piperazine rings is 1. The second-order valence-electron chi connectivity index (χ2n) is 12.6. The molecule has 0 saturated carbocycles. The third-order valence-electron chi connectivity index (χ3n) is 7.56. The zero-order valence-corrected chi connectivity index (χ0v) is 27.8. The normalized spacial score (nSPS) is 15.8. The number of nitrogen functional groups attached to an aromatic ring is 1. The Morgan fingerprint density at radius 3 is 2.61 bits per heavy atom. The number of anilines is 2. The van der Waals surface area contributed by atoms with Gasteiger partial charge >= 0.3 is 12.1 Å². The molecule has 1 aliphatic heterocycles. The molecule has 250 valence electrons. The van der Waals surface area contributed by atoms with Crippen molar-refractivity contribution in [3.8, 4) is 17.1 Å². The van der Waals surface area contributed by atoms with Crippen molar-refractivity contribution in [3.63, 3.8) is 0 Å². The monoisotopic (exact) mass is 638 g/mol. The number of nitrogens with zero attached hydrogens (tertiary/aromatic N) is 5. The van der Waals surface area contributed by atoms with E-state index in [1.54, 1.807) is 41.9 Å². The van der Waals surface area contributed by atoms with Crippen LogP contribution in [0.1, 0.15) is 66.2 Å². The number of carbonyl (C=O) groups is 2. The summed E-state index contributed by atoms with van der Waals surface area (Å²) in [7, 11) is 3.07. The Morgan fingerprint density at radius 1 is 1.15 bits per heavy atom. The Morgan fingerprint density at radius 2 is 1.91 bits per heavy atom. The van der Waals surface area contributed by atoms with Gasteiger partial charge in [-0.25, -0.2) is 14.3 Å². The number of benzene rings is 1. The van der Waals surface area contributed by atoms with E-state index in [0.29, 0.717) is 85.3 Å². The molecule has 4 rings (SSSR count). The van der Waals surface area contributed by atoms with Crippen LogP contribution in [0, 0.1) is 12.8 Å². The molecule has 0 aliphatic carbocycles. The van der Waals surface area contributed by atoms with E-state index in [1.807, 2.05) is 39.0 Å². The van der Waals surface area contributed by atoms with E-state index in [-0.39, 0.29) is 19.2 Å². The van der Waals surface area contributed by atoms with Gasteiger partial charge in [-0.1, -0.05) is 12.9 Å². The molecule has 46 heavy (non-hydrogen) atoms. The quantitative estimate of drug-likeness (QED) is 0.156. The molecule has 1 saturated heterocycles. The van der Waals surface area contributed by atoms with E-state index in [1.165, 1.54) is 7.11 Å². The zero-order chi connectivity index (χ0) is 35.9. The van der Waals surface area contributed by atoms with Crippen LogP contribution in [0.3, 0.4) is 0 Å². The van der Waals surface area contributed by atoms with E-state index in [0.717, 1.165) is 5.56 Å². The Kier molecular flexibility index (Phi) is 10.1. The highest BCUT2D eigenvalue weighted by molar-refractivity contribution is 5.90. The van der Waals surface area contributed by atoms with E-state index in [9.17, 15) is 9.59 Å². The molecule has 12 nitrogen and oxygen atoms in total. The lowest BCUT2D eigenvalue weighted by Crippen LogP contribution is -2.49. The first-order valence-electron chi connectivity index (χ1n) is 17.1. The predicted molar refractivity (Wildman–Crippen MR) is 179 cm³/mol. The molecule has 3 N–H and O–H groups in total. The molecule has 3 heterocycles. The fourth-order valence-corrected chi connectivity index (χ4v) is 5.18.